The molecule has 1 atom stereocenters. The molecule has 1 fully saturated rings. The third kappa shape index (κ3) is 7.15. The van der Waals surface area contributed by atoms with Gasteiger partial charge in [0.05, 0.1) is 12.3 Å². The van der Waals surface area contributed by atoms with Crippen molar-refractivity contribution in [1.82, 2.24) is 10.3 Å². The van der Waals surface area contributed by atoms with E-state index in [-0.39, 0.29) is 11.4 Å². The second-order valence-electron chi connectivity index (χ2n) is 8.45. The molecule has 0 bridgehead atoms. The molecule has 2 heterocycles. The maximum absolute atomic E-state index is 14.3. The molecular formula is C23H25F5N4O3S. The number of piperidine rings is 1. The zero-order valence-corrected chi connectivity index (χ0v) is 20.3. The second kappa shape index (κ2) is 10.8. The summed E-state index contributed by atoms with van der Waals surface area (Å²) in [7, 11) is -3.91. The van der Waals surface area contributed by atoms with Gasteiger partial charge in [0.2, 0.25) is 15.9 Å². The van der Waals surface area contributed by atoms with Gasteiger partial charge in [-0.15, -0.1) is 0 Å². The van der Waals surface area contributed by atoms with Gasteiger partial charge >= 0.3 is 6.18 Å². The summed E-state index contributed by atoms with van der Waals surface area (Å²) in [5, 5.41) is 2.51. The molecule has 0 unspecified atom stereocenters. The van der Waals surface area contributed by atoms with Gasteiger partial charge in [0, 0.05) is 24.7 Å². The summed E-state index contributed by atoms with van der Waals surface area (Å²) in [6, 6.07) is 2.99. The van der Waals surface area contributed by atoms with E-state index in [2.05, 4.69) is 10.3 Å². The molecule has 2 N–H and O–H groups in total. The minimum Gasteiger partial charge on any atom is -0.356 e. The number of pyridine rings is 1. The summed E-state index contributed by atoms with van der Waals surface area (Å²) >= 11 is 0. The first kappa shape index (κ1) is 27.4. The van der Waals surface area contributed by atoms with Crippen LogP contribution in [0.25, 0.3) is 6.08 Å². The van der Waals surface area contributed by atoms with Gasteiger partial charge in [0.1, 0.15) is 17.2 Å². The lowest BCUT2D eigenvalue weighted by Gasteiger charge is -2.29. The van der Waals surface area contributed by atoms with Crippen LogP contribution in [0.3, 0.4) is 0 Å². The molecule has 196 valence electrons. The fourth-order valence-electron chi connectivity index (χ4n) is 3.74. The Morgan fingerprint density at radius 3 is 2.28 bits per heavy atom. The molecule has 1 aliphatic rings. The summed E-state index contributed by atoms with van der Waals surface area (Å²) in [5.74, 6) is -2.85. The van der Waals surface area contributed by atoms with Crippen molar-refractivity contribution in [3.05, 3.63) is 58.8 Å². The number of carbonyl (C=O) groups excluding carboxylic acids is 1. The number of hydrogen-bond acceptors (Lipinski definition) is 5. The van der Waals surface area contributed by atoms with E-state index in [1.807, 2.05) is 0 Å². The Morgan fingerprint density at radius 1 is 1.11 bits per heavy atom. The highest BCUT2D eigenvalue weighted by atomic mass is 32.2. The van der Waals surface area contributed by atoms with Crippen molar-refractivity contribution in [1.29, 1.82) is 0 Å². The Kier molecular flexibility index (Phi) is 8.22. The summed E-state index contributed by atoms with van der Waals surface area (Å²) in [6.45, 7) is 2.54. The van der Waals surface area contributed by atoms with Crippen molar-refractivity contribution in [3.8, 4) is 0 Å². The lowest BCUT2D eigenvalue weighted by molar-refractivity contribution is -0.141. The molecule has 0 saturated carbocycles. The Hall–Kier alpha value is -3.22. The van der Waals surface area contributed by atoms with Gasteiger partial charge in [-0.1, -0.05) is 0 Å². The zero-order chi connectivity index (χ0) is 26.7. The number of hydrogen-bond donors (Lipinski definition) is 2. The van der Waals surface area contributed by atoms with Crippen molar-refractivity contribution in [3.63, 3.8) is 0 Å². The first-order valence-corrected chi connectivity index (χ1v) is 12.9. The van der Waals surface area contributed by atoms with Crippen molar-refractivity contribution >= 4 is 33.5 Å². The second-order valence-corrected chi connectivity index (χ2v) is 10.2. The van der Waals surface area contributed by atoms with E-state index in [0.717, 1.165) is 49.8 Å². The third-order valence-electron chi connectivity index (χ3n) is 5.48. The number of rotatable bonds is 7. The SMILES string of the molecule is C[C@@H](NC(=O)C=Cc1ccc(C(F)(F)F)nc1N1CCCCC1)c1cc(F)c(NS(C)(=O)=O)c(F)c1. The summed E-state index contributed by atoms with van der Waals surface area (Å²) in [5.41, 5.74) is -1.51. The van der Waals surface area contributed by atoms with Crippen LogP contribution in [-0.4, -0.2) is 38.7 Å². The number of sulfonamides is 1. The quantitative estimate of drug-likeness (QED) is 0.401. The van der Waals surface area contributed by atoms with Crippen LogP contribution < -0.4 is 14.9 Å². The van der Waals surface area contributed by atoms with Gasteiger partial charge in [-0.05, 0) is 62.1 Å². The first-order chi connectivity index (χ1) is 16.7. The van der Waals surface area contributed by atoms with Crippen molar-refractivity contribution in [2.45, 2.75) is 38.4 Å². The largest absolute Gasteiger partial charge is 0.433 e. The van der Waals surface area contributed by atoms with Gasteiger partial charge in [-0.3, -0.25) is 9.52 Å². The topological polar surface area (TPSA) is 91.4 Å². The normalized spacial score (nSPS) is 15.7. The molecule has 0 radical (unpaired) electrons. The predicted octanol–water partition coefficient (Wildman–Crippen LogP) is 4.63. The molecule has 1 saturated heterocycles. The van der Waals surface area contributed by atoms with E-state index >= 15 is 0 Å². The minimum absolute atomic E-state index is 0.0380. The first-order valence-electron chi connectivity index (χ1n) is 11.0. The summed E-state index contributed by atoms with van der Waals surface area (Å²) < 4.78 is 92.4. The minimum atomic E-state index is -4.61. The van der Waals surface area contributed by atoms with Crippen LogP contribution in [0, 0.1) is 11.6 Å². The lowest BCUT2D eigenvalue weighted by atomic mass is 10.1. The number of carbonyl (C=O) groups is 1. The summed E-state index contributed by atoms with van der Waals surface area (Å²) in [4.78, 5) is 18.0. The number of benzene rings is 1. The zero-order valence-electron chi connectivity index (χ0n) is 19.5. The maximum Gasteiger partial charge on any atom is 0.433 e. The van der Waals surface area contributed by atoms with Crippen LogP contribution in [0.4, 0.5) is 33.5 Å². The molecule has 0 aliphatic carbocycles. The molecule has 1 aromatic carbocycles. The molecule has 7 nitrogen and oxygen atoms in total. The lowest BCUT2D eigenvalue weighted by Crippen LogP contribution is -2.31. The number of alkyl halides is 3. The highest BCUT2D eigenvalue weighted by molar-refractivity contribution is 7.92. The Labute approximate surface area is 205 Å². The van der Waals surface area contributed by atoms with Crippen molar-refractivity contribution < 1.29 is 35.2 Å². The number of anilines is 2. The molecule has 0 spiro atoms. The fraction of sp³-hybridized carbons (Fsp3) is 0.391. The van der Waals surface area contributed by atoms with E-state index in [9.17, 15) is 35.2 Å². The number of nitrogens with zero attached hydrogens (tertiary/aromatic N) is 2. The van der Waals surface area contributed by atoms with Crippen molar-refractivity contribution in [2.75, 3.05) is 29.0 Å². The van der Waals surface area contributed by atoms with Crippen LogP contribution in [0.15, 0.2) is 30.3 Å². The van der Waals surface area contributed by atoms with Gasteiger partial charge in [-0.2, -0.15) is 13.2 Å². The van der Waals surface area contributed by atoms with E-state index in [1.165, 1.54) is 19.1 Å². The van der Waals surface area contributed by atoms with Crippen LogP contribution in [0.5, 0.6) is 0 Å². The number of amides is 1. The van der Waals surface area contributed by atoms with Crippen LogP contribution in [0.1, 0.15) is 49.0 Å². The van der Waals surface area contributed by atoms with Gasteiger partial charge in [0.25, 0.3) is 0 Å². The Morgan fingerprint density at radius 2 is 1.72 bits per heavy atom. The Bertz CT molecular complexity index is 1240. The van der Waals surface area contributed by atoms with E-state index in [4.69, 9.17) is 0 Å². The molecule has 13 heteroatoms. The van der Waals surface area contributed by atoms with Crippen LogP contribution in [0.2, 0.25) is 0 Å². The Balaban J connectivity index is 1.78. The molecule has 1 amide bonds. The van der Waals surface area contributed by atoms with E-state index in [0.29, 0.717) is 18.7 Å². The summed E-state index contributed by atoms with van der Waals surface area (Å²) in [6.07, 6.45) is 1.15. The van der Waals surface area contributed by atoms with Crippen LogP contribution in [-0.2, 0) is 21.0 Å². The maximum atomic E-state index is 14.3. The monoisotopic (exact) mass is 532 g/mol. The standard InChI is InChI=1S/C23H25F5N4O3S/c1-14(16-12-17(24)21(18(25)13-16)31-36(2,34)35)29-20(33)9-7-15-6-8-19(23(26,27)28)30-22(15)32-10-4-3-5-11-32/h6-9,12-14,31H,3-5,10-11H2,1-2H3,(H,29,33)/t14-/m1/s1. The number of aromatic nitrogens is 1. The molecule has 1 aromatic heterocycles. The predicted molar refractivity (Wildman–Crippen MR) is 126 cm³/mol. The highest BCUT2D eigenvalue weighted by Crippen LogP contribution is 2.32. The molecule has 2 aromatic rings. The molecule has 36 heavy (non-hydrogen) atoms. The van der Waals surface area contributed by atoms with E-state index in [1.54, 1.807) is 9.62 Å². The number of nitrogens with one attached hydrogen (secondary N) is 2. The van der Waals surface area contributed by atoms with E-state index < -0.39 is 51.2 Å². The van der Waals surface area contributed by atoms with Crippen LogP contribution >= 0.6 is 0 Å². The smallest absolute Gasteiger partial charge is 0.356 e. The van der Waals surface area contributed by atoms with Gasteiger partial charge in [-0.25, -0.2) is 22.2 Å². The molecule has 1 aliphatic heterocycles. The molecule has 3 rings (SSSR count). The van der Waals surface area contributed by atoms with Gasteiger partial charge < -0.3 is 10.2 Å². The van der Waals surface area contributed by atoms with Crippen molar-refractivity contribution in [2.24, 2.45) is 0 Å². The average molecular weight is 533 g/mol. The fourth-order valence-corrected chi connectivity index (χ4v) is 4.31. The number of halogens is 5. The third-order valence-corrected chi connectivity index (χ3v) is 6.05. The average Bonchev–Trinajstić information content (AvgIpc) is 2.79. The molecular weight excluding hydrogens is 507 g/mol. The van der Waals surface area contributed by atoms with Gasteiger partial charge in [0.15, 0.2) is 11.6 Å². The highest BCUT2D eigenvalue weighted by Gasteiger charge is 2.33.